The Hall–Kier alpha value is -1.84. The molecule has 0 aliphatic carbocycles. The van der Waals surface area contributed by atoms with Crippen LogP contribution in [0.1, 0.15) is 22.0 Å². The summed E-state index contributed by atoms with van der Waals surface area (Å²) < 4.78 is 6.92. The van der Waals surface area contributed by atoms with Crippen LogP contribution in [0.25, 0.3) is 0 Å². The molecule has 0 aliphatic heterocycles. The molecular weight excluding hydrogens is 192 g/mol. The van der Waals surface area contributed by atoms with Crippen LogP contribution in [0.5, 0.6) is 0 Å². The Morgan fingerprint density at radius 1 is 1.47 bits per heavy atom. The van der Waals surface area contributed by atoms with E-state index < -0.39 is 0 Å². The number of hydrogen-bond acceptors (Lipinski definition) is 3. The number of carbonyl (C=O) groups excluding carboxylic acids is 1. The summed E-state index contributed by atoms with van der Waals surface area (Å²) in [5, 5.41) is 4.14. The van der Waals surface area contributed by atoms with Crippen molar-refractivity contribution in [2.75, 3.05) is 0 Å². The van der Waals surface area contributed by atoms with E-state index in [1.54, 1.807) is 16.8 Å². The first-order chi connectivity index (χ1) is 7.15. The number of ketones is 1. The van der Waals surface area contributed by atoms with Gasteiger partial charge in [0.25, 0.3) is 0 Å². The van der Waals surface area contributed by atoms with Gasteiger partial charge >= 0.3 is 0 Å². The molecule has 0 atom stereocenters. The zero-order chi connectivity index (χ0) is 10.8. The molecule has 0 saturated carbocycles. The molecule has 4 heteroatoms. The largest absolute Gasteiger partial charge is 0.458 e. The number of furan rings is 1. The maximum Gasteiger partial charge on any atom is 0.203 e. The number of aromatic nitrogens is 2. The van der Waals surface area contributed by atoms with Gasteiger partial charge in [0.1, 0.15) is 5.76 Å². The van der Waals surface area contributed by atoms with E-state index in [4.69, 9.17) is 4.42 Å². The van der Waals surface area contributed by atoms with Crippen LogP contribution in [0.3, 0.4) is 0 Å². The van der Waals surface area contributed by atoms with Crippen LogP contribution in [-0.4, -0.2) is 15.6 Å². The van der Waals surface area contributed by atoms with E-state index in [0.717, 1.165) is 11.5 Å². The highest BCUT2D eigenvalue weighted by atomic mass is 16.3. The molecule has 0 saturated heterocycles. The van der Waals surface area contributed by atoms with Gasteiger partial charge in [-0.05, 0) is 25.1 Å². The second-order valence-corrected chi connectivity index (χ2v) is 3.49. The molecule has 0 spiro atoms. The van der Waals surface area contributed by atoms with Gasteiger partial charge in [-0.25, -0.2) is 0 Å². The molecule has 2 rings (SSSR count). The minimum absolute atomic E-state index is 0.0400. The summed E-state index contributed by atoms with van der Waals surface area (Å²) >= 11 is 0. The maximum atomic E-state index is 11.7. The molecule has 15 heavy (non-hydrogen) atoms. The summed E-state index contributed by atoms with van der Waals surface area (Å²) in [6.07, 6.45) is 2.10. The molecular formula is C11H12N2O2. The van der Waals surface area contributed by atoms with Crippen LogP contribution in [0.2, 0.25) is 0 Å². The van der Waals surface area contributed by atoms with Crippen molar-refractivity contribution in [3.8, 4) is 0 Å². The predicted molar refractivity (Wildman–Crippen MR) is 54.7 cm³/mol. The monoisotopic (exact) mass is 204 g/mol. The van der Waals surface area contributed by atoms with E-state index in [9.17, 15) is 4.79 Å². The van der Waals surface area contributed by atoms with Crippen molar-refractivity contribution in [3.63, 3.8) is 0 Å². The molecule has 2 heterocycles. The topological polar surface area (TPSA) is 48.0 Å². The molecule has 0 amide bonds. The zero-order valence-electron chi connectivity index (χ0n) is 8.73. The molecule has 4 nitrogen and oxygen atoms in total. The molecule has 2 aromatic heterocycles. The smallest absolute Gasteiger partial charge is 0.203 e. The number of nitrogens with zero attached hydrogens (tertiary/aromatic N) is 2. The quantitative estimate of drug-likeness (QED) is 0.715. The number of rotatable bonds is 3. The normalized spacial score (nSPS) is 10.5. The summed E-state index contributed by atoms with van der Waals surface area (Å²) in [4.78, 5) is 11.7. The average Bonchev–Trinajstić information content (AvgIpc) is 2.75. The van der Waals surface area contributed by atoms with Crippen molar-refractivity contribution in [1.29, 1.82) is 0 Å². The van der Waals surface area contributed by atoms with Crippen LogP contribution >= 0.6 is 0 Å². The Labute approximate surface area is 87.5 Å². The molecule has 0 aliphatic rings. The van der Waals surface area contributed by atoms with Gasteiger partial charge in [-0.2, -0.15) is 5.10 Å². The van der Waals surface area contributed by atoms with Gasteiger partial charge in [-0.15, -0.1) is 0 Å². The third-order valence-electron chi connectivity index (χ3n) is 2.13. The summed E-state index contributed by atoms with van der Waals surface area (Å²) in [5.41, 5.74) is 0.761. The minimum Gasteiger partial charge on any atom is -0.458 e. The second-order valence-electron chi connectivity index (χ2n) is 3.49. The van der Waals surface area contributed by atoms with Crippen LogP contribution in [0, 0.1) is 6.92 Å². The van der Waals surface area contributed by atoms with Gasteiger partial charge in [0.05, 0.1) is 12.1 Å². The number of aryl methyl sites for hydroxylation is 2. The van der Waals surface area contributed by atoms with Crippen molar-refractivity contribution < 1.29 is 9.21 Å². The first-order valence-electron chi connectivity index (χ1n) is 4.73. The number of hydrogen-bond donors (Lipinski definition) is 0. The zero-order valence-corrected chi connectivity index (χ0v) is 8.73. The molecule has 0 N–H and O–H groups in total. The fourth-order valence-corrected chi connectivity index (χ4v) is 1.39. The molecule has 0 unspecified atom stereocenters. The van der Waals surface area contributed by atoms with E-state index in [1.165, 1.54) is 0 Å². The van der Waals surface area contributed by atoms with E-state index in [-0.39, 0.29) is 12.2 Å². The first-order valence-corrected chi connectivity index (χ1v) is 4.73. The van der Waals surface area contributed by atoms with Crippen molar-refractivity contribution in [3.05, 3.63) is 41.6 Å². The Morgan fingerprint density at radius 2 is 2.27 bits per heavy atom. The van der Waals surface area contributed by atoms with Gasteiger partial charge in [0, 0.05) is 13.2 Å². The molecule has 0 aromatic carbocycles. The van der Waals surface area contributed by atoms with Gasteiger partial charge in [-0.1, -0.05) is 0 Å². The molecule has 0 radical (unpaired) electrons. The van der Waals surface area contributed by atoms with Gasteiger partial charge in [0.2, 0.25) is 5.78 Å². The summed E-state index contributed by atoms with van der Waals surface area (Å²) in [7, 11) is 1.82. The summed E-state index contributed by atoms with van der Waals surface area (Å²) in [6, 6.07) is 5.31. The molecule has 0 fully saturated rings. The van der Waals surface area contributed by atoms with Crippen LogP contribution in [0.4, 0.5) is 0 Å². The Morgan fingerprint density at radius 3 is 2.80 bits per heavy atom. The third kappa shape index (κ3) is 2.15. The van der Waals surface area contributed by atoms with Crippen molar-refractivity contribution in [2.24, 2.45) is 7.05 Å². The fourth-order valence-electron chi connectivity index (χ4n) is 1.39. The Balaban J connectivity index is 2.10. The lowest BCUT2D eigenvalue weighted by atomic mass is 10.2. The number of carbonyl (C=O) groups is 1. The second kappa shape index (κ2) is 3.73. The standard InChI is InChI=1S/C11H12N2O2/c1-8-3-4-11(15-8)10(14)7-9-5-6-13(2)12-9/h3-6H,7H2,1-2H3. The van der Waals surface area contributed by atoms with Gasteiger partial charge < -0.3 is 4.42 Å². The molecule has 0 bridgehead atoms. The van der Waals surface area contributed by atoms with Crippen molar-refractivity contribution >= 4 is 5.78 Å². The van der Waals surface area contributed by atoms with Crippen LogP contribution in [-0.2, 0) is 13.5 Å². The lowest BCUT2D eigenvalue weighted by Gasteiger charge is -1.93. The lowest BCUT2D eigenvalue weighted by molar-refractivity contribution is 0.0964. The lowest BCUT2D eigenvalue weighted by Crippen LogP contribution is -2.03. The fraction of sp³-hybridized carbons (Fsp3) is 0.273. The Kier molecular flexibility index (Phi) is 2.41. The van der Waals surface area contributed by atoms with Crippen LogP contribution < -0.4 is 0 Å². The average molecular weight is 204 g/mol. The van der Waals surface area contributed by atoms with Crippen molar-refractivity contribution in [1.82, 2.24) is 9.78 Å². The minimum atomic E-state index is -0.0400. The first kappa shape index (κ1) is 9.71. The number of Topliss-reactive ketones (excluding diaryl/α,β-unsaturated/α-hetero) is 1. The molecule has 2 aromatic rings. The van der Waals surface area contributed by atoms with E-state index in [1.807, 2.05) is 26.2 Å². The SMILES string of the molecule is Cc1ccc(C(=O)Cc2ccn(C)n2)o1. The molecule has 78 valence electrons. The van der Waals surface area contributed by atoms with Gasteiger partial charge in [0.15, 0.2) is 5.76 Å². The highest BCUT2D eigenvalue weighted by molar-refractivity contribution is 5.94. The third-order valence-corrected chi connectivity index (χ3v) is 2.13. The van der Waals surface area contributed by atoms with E-state index in [0.29, 0.717) is 5.76 Å². The highest BCUT2D eigenvalue weighted by Gasteiger charge is 2.12. The van der Waals surface area contributed by atoms with E-state index >= 15 is 0 Å². The van der Waals surface area contributed by atoms with Crippen molar-refractivity contribution in [2.45, 2.75) is 13.3 Å². The highest BCUT2D eigenvalue weighted by Crippen LogP contribution is 2.09. The van der Waals surface area contributed by atoms with Crippen LogP contribution in [0.15, 0.2) is 28.8 Å². The summed E-state index contributed by atoms with van der Waals surface area (Å²) in [6.45, 7) is 1.82. The van der Waals surface area contributed by atoms with Gasteiger partial charge in [-0.3, -0.25) is 9.48 Å². The summed E-state index contributed by atoms with van der Waals surface area (Å²) in [5.74, 6) is 1.11. The predicted octanol–water partition coefficient (Wildman–Crippen LogP) is 1.75. The maximum absolute atomic E-state index is 11.7. The Bertz CT molecular complexity index is 482. The van der Waals surface area contributed by atoms with E-state index in [2.05, 4.69) is 5.10 Å².